The first-order valence-electron chi connectivity index (χ1n) is 10.3. The molecule has 1 N–H and O–H groups in total. The fourth-order valence-corrected chi connectivity index (χ4v) is 5.43. The Kier molecular flexibility index (Phi) is 5.85. The lowest BCUT2D eigenvalue weighted by atomic mass is 10.0. The summed E-state index contributed by atoms with van der Waals surface area (Å²) in [5.74, 6) is 0.990. The first kappa shape index (κ1) is 19.6. The standard InChI is InChI=1S/C21H30N4O2S/c1-14(25-7-4-5-8-25)10-22-21(26)19-13-28-20-12-24(9-6-17(19)20)11-18-15(2)23-27-16(18)3/h13-14H,4-12H2,1-3H3,(H,22,26). The minimum atomic E-state index is 0.0859. The molecule has 0 aliphatic carbocycles. The van der Waals surface area contributed by atoms with Crippen molar-refractivity contribution in [2.75, 3.05) is 26.2 Å². The first-order chi connectivity index (χ1) is 13.5. The van der Waals surface area contributed by atoms with Crippen LogP contribution in [0.25, 0.3) is 0 Å². The van der Waals surface area contributed by atoms with E-state index in [0.29, 0.717) is 6.04 Å². The first-order valence-corrected chi connectivity index (χ1v) is 11.2. The van der Waals surface area contributed by atoms with Crippen LogP contribution in [0, 0.1) is 13.8 Å². The van der Waals surface area contributed by atoms with Gasteiger partial charge in [0, 0.05) is 48.0 Å². The molecule has 0 spiro atoms. The van der Waals surface area contributed by atoms with Gasteiger partial charge in [-0.05, 0) is 58.7 Å². The Labute approximate surface area is 170 Å². The van der Waals surface area contributed by atoms with E-state index in [9.17, 15) is 4.79 Å². The van der Waals surface area contributed by atoms with Crippen LogP contribution < -0.4 is 5.32 Å². The van der Waals surface area contributed by atoms with E-state index in [4.69, 9.17) is 4.52 Å². The van der Waals surface area contributed by atoms with Gasteiger partial charge in [0.25, 0.3) is 5.91 Å². The van der Waals surface area contributed by atoms with Crippen LogP contribution in [0.5, 0.6) is 0 Å². The van der Waals surface area contributed by atoms with Gasteiger partial charge in [0.05, 0.1) is 11.3 Å². The molecule has 7 heteroatoms. The van der Waals surface area contributed by atoms with E-state index >= 15 is 0 Å². The molecule has 0 bridgehead atoms. The second-order valence-corrected chi connectivity index (χ2v) is 9.08. The number of hydrogen-bond donors (Lipinski definition) is 1. The van der Waals surface area contributed by atoms with Crippen LogP contribution in [-0.4, -0.2) is 53.1 Å². The molecule has 6 nitrogen and oxygen atoms in total. The molecule has 0 saturated carbocycles. The zero-order valence-electron chi connectivity index (χ0n) is 17.1. The molecular weight excluding hydrogens is 372 g/mol. The van der Waals surface area contributed by atoms with Gasteiger partial charge in [0.1, 0.15) is 5.76 Å². The van der Waals surface area contributed by atoms with Gasteiger partial charge in [0.15, 0.2) is 0 Å². The number of fused-ring (bicyclic) bond motifs is 1. The van der Waals surface area contributed by atoms with Crippen LogP contribution in [0.15, 0.2) is 9.90 Å². The van der Waals surface area contributed by atoms with Crippen molar-refractivity contribution in [3.8, 4) is 0 Å². The molecule has 1 saturated heterocycles. The summed E-state index contributed by atoms with van der Waals surface area (Å²) in [6.45, 7) is 11.9. The summed E-state index contributed by atoms with van der Waals surface area (Å²) in [5.41, 5.74) is 4.28. The van der Waals surface area contributed by atoms with Crippen LogP contribution in [0.1, 0.15) is 57.6 Å². The Balaban J connectivity index is 1.36. The highest BCUT2D eigenvalue weighted by Gasteiger charge is 2.26. The Morgan fingerprint density at radius 3 is 2.82 bits per heavy atom. The van der Waals surface area contributed by atoms with E-state index in [1.165, 1.54) is 28.8 Å². The van der Waals surface area contributed by atoms with Crippen molar-refractivity contribution in [2.24, 2.45) is 0 Å². The maximum Gasteiger partial charge on any atom is 0.252 e. The maximum atomic E-state index is 12.8. The molecule has 1 amide bonds. The van der Waals surface area contributed by atoms with E-state index in [2.05, 4.69) is 27.2 Å². The lowest BCUT2D eigenvalue weighted by Crippen LogP contribution is -2.41. The van der Waals surface area contributed by atoms with E-state index in [1.807, 2.05) is 19.2 Å². The number of nitrogens with one attached hydrogen (secondary N) is 1. The van der Waals surface area contributed by atoms with Crippen molar-refractivity contribution in [1.82, 2.24) is 20.3 Å². The van der Waals surface area contributed by atoms with Crippen molar-refractivity contribution in [3.05, 3.63) is 38.4 Å². The topological polar surface area (TPSA) is 61.6 Å². The van der Waals surface area contributed by atoms with Crippen molar-refractivity contribution < 1.29 is 9.32 Å². The monoisotopic (exact) mass is 402 g/mol. The lowest BCUT2D eigenvalue weighted by Gasteiger charge is -2.27. The fourth-order valence-electron chi connectivity index (χ4n) is 4.31. The molecule has 1 unspecified atom stereocenters. The summed E-state index contributed by atoms with van der Waals surface area (Å²) >= 11 is 1.71. The van der Waals surface area contributed by atoms with Crippen LogP contribution >= 0.6 is 11.3 Å². The van der Waals surface area contributed by atoms with Crippen molar-refractivity contribution in [1.29, 1.82) is 0 Å². The number of hydrogen-bond acceptors (Lipinski definition) is 6. The van der Waals surface area contributed by atoms with Crippen LogP contribution in [-0.2, 0) is 19.5 Å². The molecule has 1 atom stereocenters. The zero-order chi connectivity index (χ0) is 19.7. The van der Waals surface area contributed by atoms with E-state index in [0.717, 1.165) is 62.7 Å². The van der Waals surface area contributed by atoms with Gasteiger partial charge in [-0.3, -0.25) is 14.6 Å². The third-order valence-corrected chi connectivity index (χ3v) is 7.17. The summed E-state index contributed by atoms with van der Waals surface area (Å²) in [7, 11) is 0. The number of nitrogens with zero attached hydrogens (tertiary/aromatic N) is 3. The summed E-state index contributed by atoms with van der Waals surface area (Å²) in [5, 5.41) is 9.27. The predicted molar refractivity (Wildman–Crippen MR) is 111 cm³/mol. The molecule has 2 aliphatic heterocycles. The van der Waals surface area contributed by atoms with E-state index in [-0.39, 0.29) is 5.91 Å². The molecule has 2 aromatic rings. The quantitative estimate of drug-likeness (QED) is 0.804. The number of carbonyl (C=O) groups excluding carboxylic acids is 1. The average Bonchev–Trinajstić information content (AvgIpc) is 3.42. The summed E-state index contributed by atoms with van der Waals surface area (Å²) in [6.07, 6.45) is 3.48. The Hall–Kier alpha value is -1.70. The molecule has 0 aromatic carbocycles. The van der Waals surface area contributed by atoms with Gasteiger partial charge in [-0.15, -0.1) is 11.3 Å². The highest BCUT2D eigenvalue weighted by molar-refractivity contribution is 7.10. The minimum absolute atomic E-state index is 0.0859. The molecule has 152 valence electrons. The number of aromatic nitrogens is 1. The van der Waals surface area contributed by atoms with Gasteiger partial charge >= 0.3 is 0 Å². The van der Waals surface area contributed by atoms with E-state index < -0.39 is 0 Å². The molecule has 4 rings (SSSR count). The molecule has 2 aromatic heterocycles. The molecule has 0 radical (unpaired) electrons. The fraction of sp³-hybridized carbons (Fsp3) is 0.619. The van der Waals surface area contributed by atoms with Gasteiger partial charge in [-0.2, -0.15) is 0 Å². The lowest BCUT2D eigenvalue weighted by molar-refractivity contribution is 0.0939. The van der Waals surface area contributed by atoms with Gasteiger partial charge in [-0.1, -0.05) is 5.16 Å². The largest absolute Gasteiger partial charge is 0.361 e. The number of aryl methyl sites for hydroxylation is 2. The predicted octanol–water partition coefficient (Wildman–Crippen LogP) is 3.13. The number of carbonyl (C=O) groups is 1. The Bertz CT molecular complexity index is 818. The normalized spacial score (nSPS) is 19.0. The summed E-state index contributed by atoms with van der Waals surface area (Å²) in [6, 6.07) is 0.409. The van der Waals surface area contributed by atoms with Crippen molar-refractivity contribution >= 4 is 17.2 Å². The van der Waals surface area contributed by atoms with Crippen molar-refractivity contribution in [3.63, 3.8) is 0 Å². The smallest absolute Gasteiger partial charge is 0.252 e. The van der Waals surface area contributed by atoms with Crippen LogP contribution in [0.3, 0.4) is 0 Å². The van der Waals surface area contributed by atoms with Gasteiger partial charge in [-0.25, -0.2) is 0 Å². The third-order valence-electron chi connectivity index (χ3n) is 6.16. The molecule has 4 heterocycles. The zero-order valence-corrected chi connectivity index (χ0v) is 17.9. The number of rotatable bonds is 6. The summed E-state index contributed by atoms with van der Waals surface area (Å²) < 4.78 is 5.29. The SMILES string of the molecule is Cc1noc(C)c1CN1CCc2c(C(=O)NCC(C)N3CCCC3)csc2C1. The maximum absolute atomic E-state index is 12.8. The number of likely N-dealkylation sites (tertiary alicyclic amines) is 1. The van der Waals surface area contributed by atoms with Crippen LogP contribution in [0.4, 0.5) is 0 Å². The third kappa shape index (κ3) is 4.02. The Morgan fingerprint density at radius 2 is 2.11 bits per heavy atom. The Morgan fingerprint density at radius 1 is 1.32 bits per heavy atom. The van der Waals surface area contributed by atoms with Gasteiger partial charge < -0.3 is 9.84 Å². The second-order valence-electron chi connectivity index (χ2n) is 8.12. The van der Waals surface area contributed by atoms with Gasteiger partial charge in [0.2, 0.25) is 0 Å². The molecule has 1 fully saturated rings. The molecular formula is C21H30N4O2S. The minimum Gasteiger partial charge on any atom is -0.361 e. The molecule has 2 aliphatic rings. The van der Waals surface area contributed by atoms with Crippen LogP contribution in [0.2, 0.25) is 0 Å². The average molecular weight is 403 g/mol. The summed E-state index contributed by atoms with van der Waals surface area (Å²) in [4.78, 5) is 19.0. The highest BCUT2D eigenvalue weighted by Crippen LogP contribution is 2.30. The number of amides is 1. The van der Waals surface area contributed by atoms with E-state index in [1.54, 1.807) is 11.3 Å². The van der Waals surface area contributed by atoms with Crippen molar-refractivity contribution in [2.45, 2.75) is 59.2 Å². The number of thiophene rings is 1. The highest BCUT2D eigenvalue weighted by atomic mass is 32.1. The molecule has 28 heavy (non-hydrogen) atoms. The second kappa shape index (κ2) is 8.35.